The lowest BCUT2D eigenvalue weighted by Crippen LogP contribution is -2.45. The Bertz CT molecular complexity index is 1130. The van der Waals surface area contributed by atoms with Crippen LogP contribution in [0.1, 0.15) is 66.4 Å². The molecule has 0 aromatic heterocycles. The standard InChI is InChI=1S/C25H28O6S/c1-25-14-13-20-19-10-8-18(30-24(26)16-5-3-2-4-6-16)15-17(19)7-9-21(20)22(25)11-12-23(25)31-32(27,28)29/h2-6,8,10,15,20-23H,7,9,11-14H2,1H3,(H,27,28,29)/t20-,21-,22+,23+,25+/m1/s1/i15+2. The van der Waals surface area contributed by atoms with Crippen molar-refractivity contribution in [2.24, 2.45) is 17.3 Å². The molecule has 3 aliphatic carbocycles. The molecule has 0 aliphatic heterocycles. The molecule has 6 nitrogen and oxygen atoms in total. The number of benzene rings is 2. The van der Waals surface area contributed by atoms with Gasteiger partial charge >= 0.3 is 16.4 Å². The summed E-state index contributed by atoms with van der Waals surface area (Å²) in [5, 5.41) is 0. The first-order valence-electron chi connectivity index (χ1n) is 11.3. The Labute approximate surface area is 188 Å². The molecule has 3 aliphatic rings. The summed E-state index contributed by atoms with van der Waals surface area (Å²) in [5.74, 6) is 1.47. The Morgan fingerprint density at radius 2 is 1.88 bits per heavy atom. The first kappa shape index (κ1) is 21.6. The summed E-state index contributed by atoms with van der Waals surface area (Å²) in [6, 6.07) is 15.0. The molecule has 170 valence electrons. The fourth-order valence-corrected chi connectivity index (χ4v) is 7.23. The van der Waals surface area contributed by atoms with Crippen molar-refractivity contribution in [1.82, 2.24) is 0 Å². The van der Waals surface area contributed by atoms with Crippen LogP contribution in [-0.2, 0) is 21.0 Å². The molecule has 0 unspecified atom stereocenters. The van der Waals surface area contributed by atoms with Gasteiger partial charge in [-0.05, 0) is 97.1 Å². The average molecular weight is 459 g/mol. The second-order valence-electron chi connectivity index (χ2n) is 9.67. The number of hydrogen-bond donors (Lipinski definition) is 1. The van der Waals surface area contributed by atoms with E-state index < -0.39 is 16.5 Å². The van der Waals surface area contributed by atoms with Crippen LogP contribution in [0.2, 0.25) is 0 Å². The van der Waals surface area contributed by atoms with E-state index in [2.05, 4.69) is 13.0 Å². The molecule has 2 aromatic rings. The quantitative estimate of drug-likeness (QED) is 0.396. The fraction of sp³-hybridized carbons (Fsp3) is 0.480. The van der Waals surface area contributed by atoms with Gasteiger partial charge in [0.1, 0.15) is 5.75 Å². The van der Waals surface area contributed by atoms with Crippen molar-refractivity contribution in [2.45, 2.75) is 57.5 Å². The van der Waals surface area contributed by atoms with Gasteiger partial charge in [-0.1, -0.05) is 31.2 Å². The van der Waals surface area contributed by atoms with Crippen LogP contribution in [-0.4, -0.2) is 25.0 Å². The van der Waals surface area contributed by atoms with Gasteiger partial charge in [-0.25, -0.2) is 8.98 Å². The Morgan fingerprint density at radius 3 is 2.62 bits per heavy atom. The molecule has 0 bridgehead atoms. The number of aryl methyl sites for hydroxylation is 1. The number of fused-ring (bicyclic) bond motifs is 5. The summed E-state index contributed by atoms with van der Waals surface area (Å²) in [4.78, 5) is 12.4. The predicted molar refractivity (Wildman–Crippen MR) is 119 cm³/mol. The lowest BCUT2D eigenvalue weighted by molar-refractivity contribution is -0.0121. The van der Waals surface area contributed by atoms with Crippen LogP contribution in [0.5, 0.6) is 5.75 Å². The molecular weight excluding hydrogens is 430 g/mol. The Morgan fingerprint density at radius 1 is 1.09 bits per heavy atom. The van der Waals surface area contributed by atoms with E-state index >= 15 is 0 Å². The molecule has 0 saturated heterocycles. The molecule has 0 heterocycles. The summed E-state index contributed by atoms with van der Waals surface area (Å²) < 4.78 is 42.6. The van der Waals surface area contributed by atoms with E-state index in [0.717, 1.165) is 32.1 Å². The number of carbonyl (C=O) groups excluding carboxylic acids is 1. The van der Waals surface area contributed by atoms with Gasteiger partial charge in [0.2, 0.25) is 0 Å². The maximum Gasteiger partial charge on any atom is 0.397 e. The third-order valence-corrected chi connectivity index (χ3v) is 8.54. The highest BCUT2D eigenvalue weighted by Crippen LogP contribution is 2.61. The highest BCUT2D eigenvalue weighted by atomic mass is 32.3. The third kappa shape index (κ3) is 3.87. The normalized spacial score (nSPS) is 31.3. The summed E-state index contributed by atoms with van der Waals surface area (Å²) in [6.45, 7) is 2.12. The Hall–Kier alpha value is -2.22. The predicted octanol–water partition coefficient (Wildman–Crippen LogP) is 4.95. The maximum absolute atomic E-state index is 12.4. The molecular formula is C25H28O6S. The second kappa shape index (κ2) is 7.97. The molecule has 2 aromatic carbocycles. The van der Waals surface area contributed by atoms with Crippen LogP contribution < -0.4 is 4.74 Å². The van der Waals surface area contributed by atoms with Crippen LogP contribution in [0.4, 0.5) is 0 Å². The van der Waals surface area contributed by atoms with Crippen molar-refractivity contribution >= 4 is 16.4 Å². The number of carbonyl (C=O) groups is 1. The highest BCUT2D eigenvalue weighted by Gasteiger charge is 2.56. The van der Waals surface area contributed by atoms with E-state index in [1.54, 1.807) is 12.1 Å². The largest absolute Gasteiger partial charge is 0.423 e. The van der Waals surface area contributed by atoms with Gasteiger partial charge < -0.3 is 4.74 Å². The second-order valence-corrected chi connectivity index (χ2v) is 10.7. The van der Waals surface area contributed by atoms with Crippen molar-refractivity contribution < 1.29 is 26.7 Å². The molecule has 7 heteroatoms. The lowest BCUT2D eigenvalue weighted by Gasteiger charge is -2.50. The van der Waals surface area contributed by atoms with Crippen molar-refractivity contribution in [3.05, 3.63) is 65.2 Å². The minimum atomic E-state index is -4.45. The zero-order valence-electron chi connectivity index (χ0n) is 18.1. The third-order valence-electron chi connectivity index (χ3n) is 8.07. The summed E-state index contributed by atoms with van der Waals surface area (Å²) in [5.41, 5.74) is 2.85. The van der Waals surface area contributed by atoms with Crippen molar-refractivity contribution in [2.75, 3.05) is 0 Å². The molecule has 2 saturated carbocycles. The lowest BCUT2D eigenvalue weighted by atomic mass is 9.56. The minimum Gasteiger partial charge on any atom is -0.423 e. The SMILES string of the molecule is C[C@]12CC[C@@H]3c4ccc(OC(=O)c5ccccc5)[14cH]c4CC[C@H]3[C@@H]1CC[C@@H]2OS(=O)(=O)O. The van der Waals surface area contributed by atoms with Gasteiger partial charge in [-0.3, -0.25) is 4.55 Å². The van der Waals surface area contributed by atoms with Crippen molar-refractivity contribution in [1.29, 1.82) is 0 Å². The van der Waals surface area contributed by atoms with Crippen molar-refractivity contribution in [3.63, 3.8) is 0 Å². The fourth-order valence-electron chi connectivity index (χ4n) is 6.62. The molecule has 32 heavy (non-hydrogen) atoms. The van der Waals surface area contributed by atoms with Gasteiger partial charge in [-0.2, -0.15) is 8.42 Å². The van der Waals surface area contributed by atoms with Gasteiger partial charge in [0.05, 0.1) is 11.7 Å². The van der Waals surface area contributed by atoms with Crippen LogP contribution in [0.15, 0.2) is 48.5 Å². The topological polar surface area (TPSA) is 89.9 Å². The Balaban J connectivity index is 1.34. The van der Waals surface area contributed by atoms with E-state index in [0.29, 0.717) is 35.5 Å². The minimum absolute atomic E-state index is 0.236. The smallest absolute Gasteiger partial charge is 0.397 e. The first-order chi connectivity index (χ1) is 15.2. The van der Waals surface area contributed by atoms with Gasteiger partial charge in [0.25, 0.3) is 0 Å². The van der Waals surface area contributed by atoms with E-state index in [1.165, 1.54) is 11.1 Å². The number of ether oxygens (including phenoxy) is 1. The number of rotatable bonds is 4. The zero-order chi connectivity index (χ0) is 22.5. The Kier molecular flexibility index (Phi) is 5.39. The van der Waals surface area contributed by atoms with Crippen molar-refractivity contribution in [3.8, 4) is 5.75 Å². The molecule has 2 fully saturated rings. The molecule has 5 atom stereocenters. The molecule has 0 spiro atoms. The van der Waals surface area contributed by atoms with Crippen LogP contribution in [0.3, 0.4) is 0 Å². The van der Waals surface area contributed by atoms with E-state index in [9.17, 15) is 17.8 Å². The average Bonchev–Trinajstić information content (AvgIpc) is 3.08. The molecule has 1 N–H and O–H groups in total. The first-order valence-corrected chi connectivity index (χ1v) is 12.7. The van der Waals surface area contributed by atoms with Crippen LogP contribution in [0, 0.1) is 17.3 Å². The molecule has 0 amide bonds. The molecule has 5 rings (SSSR count). The van der Waals surface area contributed by atoms with Crippen LogP contribution >= 0.6 is 0 Å². The number of esters is 1. The highest BCUT2D eigenvalue weighted by molar-refractivity contribution is 7.80. The van der Waals surface area contributed by atoms with Gasteiger partial charge in [0.15, 0.2) is 0 Å². The van der Waals surface area contributed by atoms with Crippen LogP contribution in [0.25, 0.3) is 0 Å². The number of hydrogen-bond acceptors (Lipinski definition) is 5. The summed E-state index contributed by atoms with van der Waals surface area (Å²) in [7, 11) is -4.45. The zero-order valence-corrected chi connectivity index (χ0v) is 18.9. The maximum atomic E-state index is 12.4. The monoisotopic (exact) mass is 458 g/mol. The van der Waals surface area contributed by atoms with E-state index in [-0.39, 0.29) is 11.4 Å². The molecule has 0 radical (unpaired) electrons. The summed E-state index contributed by atoms with van der Waals surface area (Å²) >= 11 is 0. The summed E-state index contributed by atoms with van der Waals surface area (Å²) in [6.07, 6.45) is 4.87. The van der Waals surface area contributed by atoms with Gasteiger partial charge in [0, 0.05) is 0 Å². The van der Waals surface area contributed by atoms with Gasteiger partial charge in [-0.15, -0.1) is 0 Å². The van der Waals surface area contributed by atoms with E-state index in [1.807, 2.05) is 30.3 Å². The van der Waals surface area contributed by atoms with E-state index in [4.69, 9.17) is 8.92 Å².